The normalized spacial score (nSPS) is 18.2. The lowest BCUT2D eigenvalue weighted by Gasteiger charge is -2.11. The Hall–Kier alpha value is -0.520. The van der Waals surface area contributed by atoms with Gasteiger partial charge in [0.2, 0.25) is 0 Å². The molecule has 0 bridgehead atoms. The van der Waals surface area contributed by atoms with Crippen molar-refractivity contribution in [3.8, 4) is 12.8 Å². The first kappa shape index (κ1) is 7.48. The Balaban J connectivity index is 0.000000222. The third-order valence-corrected chi connectivity index (χ3v) is 0.957. The van der Waals surface area contributed by atoms with E-state index in [4.69, 9.17) is 0 Å². The predicted octanol–water partition coefficient (Wildman–Crippen LogP) is -0.571. The van der Waals surface area contributed by atoms with Gasteiger partial charge in [-0.15, -0.1) is 12.8 Å². The summed E-state index contributed by atoms with van der Waals surface area (Å²) in [5.41, 5.74) is 0. The van der Waals surface area contributed by atoms with E-state index < -0.39 is 0 Å². The van der Waals surface area contributed by atoms with Gasteiger partial charge in [-0.1, -0.05) is 0 Å². The van der Waals surface area contributed by atoms with Crippen LogP contribution in [0.5, 0.6) is 0 Å². The molecule has 1 heterocycles. The van der Waals surface area contributed by atoms with Gasteiger partial charge >= 0.3 is 0 Å². The van der Waals surface area contributed by atoms with Crippen molar-refractivity contribution in [2.75, 3.05) is 26.2 Å². The average molecular weight is 112 g/mol. The van der Waals surface area contributed by atoms with E-state index in [1.807, 2.05) is 0 Å². The molecule has 0 aromatic heterocycles. The molecule has 0 spiro atoms. The van der Waals surface area contributed by atoms with Crippen LogP contribution < -0.4 is 10.6 Å². The molecule has 8 heavy (non-hydrogen) atoms. The molecule has 0 radical (unpaired) electrons. The van der Waals surface area contributed by atoms with Crippen LogP contribution in [0.15, 0.2) is 0 Å². The zero-order valence-corrected chi connectivity index (χ0v) is 4.98. The van der Waals surface area contributed by atoms with E-state index >= 15 is 0 Å². The standard InChI is InChI=1S/C4H10N2.C2H2/c1-2-6-4-3-5-1;1-2/h5-6H,1-4H2;1-2H. The smallest absolute Gasteiger partial charge is 0.00772 e. The molecule has 1 aliphatic rings. The van der Waals surface area contributed by atoms with Gasteiger partial charge < -0.3 is 10.6 Å². The first-order valence-electron chi connectivity index (χ1n) is 2.75. The van der Waals surface area contributed by atoms with Gasteiger partial charge in [0.15, 0.2) is 0 Å². The van der Waals surface area contributed by atoms with Crippen LogP contribution in [0.1, 0.15) is 0 Å². The molecule has 46 valence electrons. The van der Waals surface area contributed by atoms with Crippen molar-refractivity contribution in [2.45, 2.75) is 0 Å². The third kappa shape index (κ3) is 3.66. The molecule has 0 aromatic carbocycles. The second-order valence-corrected chi connectivity index (χ2v) is 1.50. The molecule has 1 aliphatic heterocycles. The van der Waals surface area contributed by atoms with Crippen molar-refractivity contribution in [1.29, 1.82) is 0 Å². The Bertz CT molecular complexity index is 43.3. The Morgan fingerprint density at radius 1 is 0.750 bits per heavy atom. The van der Waals surface area contributed by atoms with Crippen molar-refractivity contribution >= 4 is 0 Å². The summed E-state index contributed by atoms with van der Waals surface area (Å²) in [7, 11) is 0. The molecular formula is C6H12N2. The van der Waals surface area contributed by atoms with E-state index in [1.54, 1.807) is 0 Å². The minimum Gasteiger partial charge on any atom is -0.314 e. The summed E-state index contributed by atoms with van der Waals surface area (Å²) in [6, 6.07) is 0. The van der Waals surface area contributed by atoms with E-state index in [9.17, 15) is 0 Å². The highest BCUT2D eigenvalue weighted by Crippen LogP contribution is 1.65. The summed E-state index contributed by atoms with van der Waals surface area (Å²) in [6.45, 7) is 4.56. The van der Waals surface area contributed by atoms with Crippen molar-refractivity contribution in [2.24, 2.45) is 0 Å². The fraction of sp³-hybridized carbons (Fsp3) is 0.667. The maximum absolute atomic E-state index is 4.00. The second-order valence-electron chi connectivity index (χ2n) is 1.50. The van der Waals surface area contributed by atoms with E-state index in [0.29, 0.717) is 0 Å². The van der Waals surface area contributed by atoms with Gasteiger partial charge in [-0.25, -0.2) is 0 Å². The maximum Gasteiger partial charge on any atom is 0.00772 e. The second kappa shape index (κ2) is 6.48. The molecule has 1 rings (SSSR count). The Morgan fingerprint density at radius 3 is 1.12 bits per heavy atom. The fourth-order valence-corrected chi connectivity index (χ4v) is 0.604. The largest absolute Gasteiger partial charge is 0.314 e. The molecule has 0 saturated carbocycles. The van der Waals surface area contributed by atoms with Crippen LogP contribution in [0.4, 0.5) is 0 Å². The highest BCUT2D eigenvalue weighted by molar-refractivity contribution is 4.59. The molecule has 0 amide bonds. The predicted molar refractivity (Wildman–Crippen MR) is 35.6 cm³/mol. The van der Waals surface area contributed by atoms with Crippen LogP contribution >= 0.6 is 0 Å². The lowest BCUT2D eigenvalue weighted by atomic mass is 10.4. The summed E-state index contributed by atoms with van der Waals surface area (Å²) < 4.78 is 0. The summed E-state index contributed by atoms with van der Waals surface area (Å²) in [4.78, 5) is 0. The quantitative estimate of drug-likeness (QED) is 0.410. The van der Waals surface area contributed by atoms with Gasteiger partial charge in [-0.05, 0) is 0 Å². The Labute approximate surface area is 50.7 Å². The summed E-state index contributed by atoms with van der Waals surface area (Å²) in [5, 5.41) is 6.44. The third-order valence-electron chi connectivity index (χ3n) is 0.957. The van der Waals surface area contributed by atoms with E-state index in [1.165, 1.54) is 0 Å². The number of hydrogen-bond donors (Lipinski definition) is 2. The van der Waals surface area contributed by atoms with Crippen LogP contribution in [0.3, 0.4) is 0 Å². The van der Waals surface area contributed by atoms with E-state index in [-0.39, 0.29) is 0 Å². The van der Waals surface area contributed by atoms with E-state index in [2.05, 4.69) is 23.5 Å². The van der Waals surface area contributed by atoms with Crippen LogP contribution in [0.25, 0.3) is 0 Å². The highest BCUT2D eigenvalue weighted by atomic mass is 15.0. The molecule has 0 atom stereocenters. The lowest BCUT2D eigenvalue weighted by molar-refractivity contribution is 0.534. The zero-order chi connectivity index (χ0) is 6.24. The van der Waals surface area contributed by atoms with Gasteiger partial charge in [0.25, 0.3) is 0 Å². The number of rotatable bonds is 0. The Morgan fingerprint density at radius 2 is 1.00 bits per heavy atom. The average Bonchev–Trinajstić information content (AvgIpc) is 1.96. The lowest BCUT2D eigenvalue weighted by Crippen LogP contribution is -2.39. The van der Waals surface area contributed by atoms with Crippen molar-refractivity contribution in [3.05, 3.63) is 0 Å². The molecule has 2 N–H and O–H groups in total. The number of hydrogen-bond acceptors (Lipinski definition) is 2. The summed E-state index contributed by atoms with van der Waals surface area (Å²) >= 11 is 0. The van der Waals surface area contributed by atoms with Gasteiger partial charge in [-0.3, -0.25) is 0 Å². The first-order chi connectivity index (χ1) is 4.00. The number of terminal acetylenes is 1. The van der Waals surface area contributed by atoms with Crippen molar-refractivity contribution < 1.29 is 0 Å². The maximum atomic E-state index is 4.00. The number of nitrogens with one attached hydrogen (secondary N) is 2. The molecular weight excluding hydrogens is 100 g/mol. The molecule has 0 aliphatic carbocycles. The van der Waals surface area contributed by atoms with Crippen molar-refractivity contribution in [3.63, 3.8) is 0 Å². The molecule has 2 nitrogen and oxygen atoms in total. The van der Waals surface area contributed by atoms with Crippen LogP contribution in [-0.2, 0) is 0 Å². The minimum absolute atomic E-state index is 1.14. The molecule has 1 fully saturated rings. The highest BCUT2D eigenvalue weighted by Gasteiger charge is 1.91. The van der Waals surface area contributed by atoms with Gasteiger partial charge in [0, 0.05) is 26.2 Å². The van der Waals surface area contributed by atoms with Crippen molar-refractivity contribution in [1.82, 2.24) is 10.6 Å². The zero-order valence-electron chi connectivity index (χ0n) is 4.98. The van der Waals surface area contributed by atoms with Gasteiger partial charge in [-0.2, -0.15) is 0 Å². The molecule has 1 saturated heterocycles. The van der Waals surface area contributed by atoms with Crippen LogP contribution in [0, 0.1) is 12.8 Å². The van der Waals surface area contributed by atoms with Crippen LogP contribution in [0.2, 0.25) is 0 Å². The van der Waals surface area contributed by atoms with E-state index in [0.717, 1.165) is 26.2 Å². The minimum atomic E-state index is 1.14. The molecule has 0 aromatic rings. The van der Waals surface area contributed by atoms with Gasteiger partial charge in [0.05, 0.1) is 0 Å². The fourth-order valence-electron chi connectivity index (χ4n) is 0.604. The summed E-state index contributed by atoms with van der Waals surface area (Å²) in [5.74, 6) is 0. The topological polar surface area (TPSA) is 24.1 Å². The first-order valence-corrected chi connectivity index (χ1v) is 2.75. The van der Waals surface area contributed by atoms with Gasteiger partial charge in [0.1, 0.15) is 0 Å². The SMILES string of the molecule is C#C.C1CNCCN1. The monoisotopic (exact) mass is 112 g/mol. The Kier molecular flexibility index (Phi) is 6.06. The summed E-state index contributed by atoms with van der Waals surface area (Å²) in [6.07, 6.45) is 8.00. The molecule has 0 unspecified atom stereocenters. The molecule has 2 heteroatoms. The number of piperazine rings is 1. The van der Waals surface area contributed by atoms with Crippen LogP contribution in [-0.4, -0.2) is 26.2 Å².